The summed E-state index contributed by atoms with van der Waals surface area (Å²) in [5.74, 6) is 0.482. The van der Waals surface area contributed by atoms with E-state index in [1.807, 2.05) is 17.9 Å². The Kier molecular flexibility index (Phi) is 4.15. The second-order valence-electron chi connectivity index (χ2n) is 5.02. The van der Waals surface area contributed by atoms with Gasteiger partial charge in [0.05, 0.1) is 6.20 Å². The Morgan fingerprint density at radius 3 is 2.67 bits per heavy atom. The lowest BCUT2D eigenvalue weighted by Crippen LogP contribution is -2.19. The minimum Gasteiger partial charge on any atom is -0.330 e. The number of hydrogen-bond acceptors (Lipinski definition) is 2. The molecule has 1 aromatic heterocycles. The minimum atomic E-state index is 0.482. The molecule has 18 heavy (non-hydrogen) atoms. The number of aromatic nitrogens is 2. The number of benzene rings is 1. The molecule has 0 fully saturated rings. The van der Waals surface area contributed by atoms with E-state index < -0.39 is 0 Å². The van der Waals surface area contributed by atoms with Gasteiger partial charge in [-0.15, -0.1) is 0 Å². The van der Waals surface area contributed by atoms with Crippen molar-refractivity contribution in [3.05, 3.63) is 53.3 Å². The molecule has 3 heteroatoms. The zero-order valence-electron chi connectivity index (χ0n) is 11.1. The van der Waals surface area contributed by atoms with Crippen molar-refractivity contribution in [2.24, 2.45) is 18.7 Å². The van der Waals surface area contributed by atoms with E-state index in [0.717, 1.165) is 12.8 Å². The van der Waals surface area contributed by atoms with Crippen LogP contribution in [0.4, 0.5) is 0 Å². The van der Waals surface area contributed by atoms with Crippen molar-refractivity contribution in [3.8, 4) is 0 Å². The van der Waals surface area contributed by atoms with Crippen LogP contribution in [0.1, 0.15) is 16.7 Å². The van der Waals surface area contributed by atoms with Crippen LogP contribution < -0.4 is 5.73 Å². The van der Waals surface area contributed by atoms with Gasteiger partial charge < -0.3 is 5.73 Å². The van der Waals surface area contributed by atoms with Crippen molar-refractivity contribution < 1.29 is 0 Å². The van der Waals surface area contributed by atoms with Crippen molar-refractivity contribution >= 4 is 0 Å². The molecule has 1 aromatic carbocycles. The van der Waals surface area contributed by atoms with Crippen molar-refractivity contribution in [2.75, 3.05) is 6.54 Å². The molecular weight excluding hydrogens is 222 g/mol. The monoisotopic (exact) mass is 243 g/mol. The summed E-state index contributed by atoms with van der Waals surface area (Å²) in [7, 11) is 1.95. The highest BCUT2D eigenvalue weighted by Gasteiger charge is 2.10. The van der Waals surface area contributed by atoms with E-state index in [9.17, 15) is 0 Å². The molecule has 96 valence electrons. The highest BCUT2D eigenvalue weighted by Crippen LogP contribution is 2.14. The Morgan fingerprint density at radius 1 is 1.28 bits per heavy atom. The largest absolute Gasteiger partial charge is 0.330 e. The van der Waals surface area contributed by atoms with Crippen molar-refractivity contribution in [1.82, 2.24) is 9.78 Å². The van der Waals surface area contributed by atoms with Gasteiger partial charge in [0.2, 0.25) is 0 Å². The van der Waals surface area contributed by atoms with E-state index in [2.05, 4.69) is 42.5 Å². The molecular formula is C15H21N3. The fourth-order valence-electron chi connectivity index (χ4n) is 2.32. The Labute approximate surface area is 109 Å². The van der Waals surface area contributed by atoms with E-state index in [1.165, 1.54) is 16.7 Å². The Bertz CT molecular complexity index is 502. The van der Waals surface area contributed by atoms with E-state index in [1.54, 1.807) is 0 Å². The van der Waals surface area contributed by atoms with Crippen LogP contribution in [-0.2, 0) is 19.9 Å². The topological polar surface area (TPSA) is 43.8 Å². The number of rotatable bonds is 5. The molecule has 1 unspecified atom stereocenters. The standard InChI is InChI=1S/C15H21N3/c1-12-4-3-5-13(6-12)7-14(9-16)8-15-10-17-18(2)11-15/h3-6,10-11,14H,7-9,16H2,1-2H3. The molecule has 2 rings (SSSR count). The van der Waals surface area contributed by atoms with E-state index in [-0.39, 0.29) is 0 Å². The first-order chi connectivity index (χ1) is 8.67. The third kappa shape index (κ3) is 3.44. The van der Waals surface area contributed by atoms with Crippen LogP contribution >= 0.6 is 0 Å². The SMILES string of the molecule is Cc1cccc(CC(CN)Cc2cnn(C)c2)c1. The molecule has 0 aliphatic heterocycles. The first kappa shape index (κ1) is 12.8. The van der Waals surface area contributed by atoms with Crippen LogP contribution in [0.5, 0.6) is 0 Å². The van der Waals surface area contributed by atoms with E-state index in [0.29, 0.717) is 12.5 Å². The van der Waals surface area contributed by atoms with Gasteiger partial charge >= 0.3 is 0 Å². The van der Waals surface area contributed by atoms with Gasteiger partial charge in [-0.2, -0.15) is 5.10 Å². The van der Waals surface area contributed by atoms with E-state index >= 15 is 0 Å². The zero-order valence-corrected chi connectivity index (χ0v) is 11.1. The van der Waals surface area contributed by atoms with Gasteiger partial charge in [0.15, 0.2) is 0 Å². The molecule has 0 aliphatic rings. The van der Waals surface area contributed by atoms with Gasteiger partial charge in [0.25, 0.3) is 0 Å². The molecule has 2 aromatic rings. The summed E-state index contributed by atoms with van der Waals surface area (Å²) in [6.07, 6.45) is 6.03. The predicted molar refractivity (Wildman–Crippen MR) is 74.3 cm³/mol. The van der Waals surface area contributed by atoms with Crippen molar-refractivity contribution in [2.45, 2.75) is 19.8 Å². The summed E-state index contributed by atoms with van der Waals surface area (Å²) in [6, 6.07) is 8.66. The van der Waals surface area contributed by atoms with Crippen LogP contribution in [0.2, 0.25) is 0 Å². The smallest absolute Gasteiger partial charge is 0.0521 e. The van der Waals surface area contributed by atoms with Crippen LogP contribution in [0.3, 0.4) is 0 Å². The van der Waals surface area contributed by atoms with Gasteiger partial charge in [-0.1, -0.05) is 29.8 Å². The van der Waals surface area contributed by atoms with Gasteiger partial charge in [0.1, 0.15) is 0 Å². The molecule has 2 N–H and O–H groups in total. The molecule has 0 amide bonds. The van der Waals surface area contributed by atoms with Crippen LogP contribution in [0.25, 0.3) is 0 Å². The molecule has 0 spiro atoms. The third-order valence-corrected chi connectivity index (χ3v) is 3.22. The highest BCUT2D eigenvalue weighted by atomic mass is 15.2. The minimum absolute atomic E-state index is 0.482. The zero-order chi connectivity index (χ0) is 13.0. The lowest BCUT2D eigenvalue weighted by molar-refractivity contribution is 0.533. The quantitative estimate of drug-likeness (QED) is 0.874. The van der Waals surface area contributed by atoms with Crippen molar-refractivity contribution in [1.29, 1.82) is 0 Å². The van der Waals surface area contributed by atoms with Gasteiger partial charge in [-0.05, 0) is 43.4 Å². The molecule has 1 atom stereocenters. The number of nitrogens with two attached hydrogens (primary N) is 1. The lowest BCUT2D eigenvalue weighted by Gasteiger charge is -2.14. The summed E-state index contributed by atoms with van der Waals surface area (Å²) >= 11 is 0. The maximum atomic E-state index is 5.89. The maximum Gasteiger partial charge on any atom is 0.0521 e. The van der Waals surface area contributed by atoms with Gasteiger partial charge in [-0.3, -0.25) is 4.68 Å². The maximum absolute atomic E-state index is 5.89. The Morgan fingerprint density at radius 2 is 2.06 bits per heavy atom. The average Bonchev–Trinajstić information content (AvgIpc) is 2.74. The van der Waals surface area contributed by atoms with Crippen LogP contribution in [0, 0.1) is 12.8 Å². The second kappa shape index (κ2) is 5.83. The van der Waals surface area contributed by atoms with Gasteiger partial charge in [0, 0.05) is 13.2 Å². The fraction of sp³-hybridized carbons (Fsp3) is 0.400. The summed E-state index contributed by atoms with van der Waals surface area (Å²) in [4.78, 5) is 0. The Hall–Kier alpha value is -1.61. The number of aryl methyl sites for hydroxylation is 2. The molecule has 3 nitrogen and oxygen atoms in total. The number of nitrogens with zero attached hydrogens (tertiary/aromatic N) is 2. The lowest BCUT2D eigenvalue weighted by atomic mass is 9.93. The molecule has 0 saturated carbocycles. The van der Waals surface area contributed by atoms with Crippen molar-refractivity contribution in [3.63, 3.8) is 0 Å². The fourth-order valence-corrected chi connectivity index (χ4v) is 2.32. The third-order valence-electron chi connectivity index (χ3n) is 3.22. The molecule has 0 aliphatic carbocycles. The van der Waals surface area contributed by atoms with E-state index in [4.69, 9.17) is 5.73 Å². The summed E-state index contributed by atoms with van der Waals surface area (Å²) in [5, 5.41) is 4.20. The van der Waals surface area contributed by atoms with Crippen LogP contribution in [-0.4, -0.2) is 16.3 Å². The van der Waals surface area contributed by atoms with Crippen LogP contribution in [0.15, 0.2) is 36.7 Å². The Balaban J connectivity index is 2.01. The number of hydrogen-bond donors (Lipinski definition) is 1. The predicted octanol–water partition coefficient (Wildman–Crippen LogP) is 2.09. The first-order valence-electron chi connectivity index (χ1n) is 6.40. The molecule has 1 heterocycles. The molecule has 0 radical (unpaired) electrons. The summed E-state index contributed by atoms with van der Waals surface area (Å²) < 4.78 is 1.84. The highest BCUT2D eigenvalue weighted by molar-refractivity contribution is 5.23. The summed E-state index contributed by atoms with van der Waals surface area (Å²) in [6.45, 7) is 2.84. The average molecular weight is 243 g/mol. The second-order valence-corrected chi connectivity index (χ2v) is 5.02. The molecule has 0 bridgehead atoms. The summed E-state index contributed by atoms with van der Waals surface area (Å²) in [5.41, 5.74) is 9.83. The molecule has 0 saturated heterocycles. The van der Waals surface area contributed by atoms with Gasteiger partial charge in [-0.25, -0.2) is 0 Å². The first-order valence-corrected chi connectivity index (χ1v) is 6.40. The normalized spacial score (nSPS) is 12.6.